The van der Waals surface area contributed by atoms with E-state index in [4.69, 9.17) is 14.7 Å². The van der Waals surface area contributed by atoms with Crippen molar-refractivity contribution in [3.8, 4) is 11.7 Å². The summed E-state index contributed by atoms with van der Waals surface area (Å²) in [7, 11) is -0.771. The predicted molar refractivity (Wildman–Crippen MR) is 77.2 cm³/mol. The van der Waals surface area contributed by atoms with E-state index in [9.17, 15) is 8.42 Å². The van der Waals surface area contributed by atoms with Crippen LogP contribution in [0.3, 0.4) is 0 Å². The summed E-state index contributed by atoms with van der Waals surface area (Å²) in [6.45, 7) is 0. The lowest BCUT2D eigenvalue weighted by molar-refractivity contribution is 0.363. The summed E-state index contributed by atoms with van der Waals surface area (Å²) in [5, 5.41) is 3.75. The van der Waals surface area contributed by atoms with Gasteiger partial charge in [0, 0.05) is 14.1 Å². The van der Waals surface area contributed by atoms with E-state index in [1.54, 1.807) is 0 Å². The Labute approximate surface area is 128 Å². The smallest absolute Gasteiger partial charge is 0.293 e. The lowest BCUT2D eigenvalue weighted by atomic mass is 9.99. The van der Waals surface area contributed by atoms with E-state index in [1.165, 1.54) is 26.2 Å². The molecule has 0 radical (unpaired) electrons. The second-order valence-corrected chi connectivity index (χ2v) is 7.78. The maximum atomic E-state index is 12.0. The molecule has 1 saturated carbocycles. The summed E-state index contributed by atoms with van der Waals surface area (Å²) in [5.41, 5.74) is 5.71. The normalized spacial score (nSPS) is 18.2. The van der Waals surface area contributed by atoms with E-state index in [0.29, 0.717) is 5.82 Å². The zero-order valence-corrected chi connectivity index (χ0v) is 13.3. The van der Waals surface area contributed by atoms with Gasteiger partial charge in [-0.2, -0.15) is 4.98 Å². The zero-order valence-electron chi connectivity index (χ0n) is 12.4. The number of nitrogens with two attached hydrogens (primary N) is 1. The number of hydrogen-bond donors (Lipinski definition) is 1. The van der Waals surface area contributed by atoms with Gasteiger partial charge < -0.3 is 14.7 Å². The Morgan fingerprint density at radius 3 is 2.59 bits per heavy atom. The van der Waals surface area contributed by atoms with Crippen LogP contribution < -0.4 is 5.73 Å². The first-order valence-electron chi connectivity index (χ1n) is 6.99. The quantitative estimate of drug-likeness (QED) is 0.900. The van der Waals surface area contributed by atoms with Crippen molar-refractivity contribution in [3.05, 3.63) is 18.0 Å². The van der Waals surface area contributed by atoms with Gasteiger partial charge in [-0.1, -0.05) is 18.0 Å². The van der Waals surface area contributed by atoms with Gasteiger partial charge in [0.15, 0.2) is 11.6 Å². The fourth-order valence-corrected chi connectivity index (χ4v) is 3.30. The van der Waals surface area contributed by atoms with Gasteiger partial charge in [-0.25, -0.2) is 12.7 Å². The van der Waals surface area contributed by atoms with E-state index >= 15 is 0 Å². The molecule has 3 rings (SSSR count). The van der Waals surface area contributed by atoms with Gasteiger partial charge in [-0.15, -0.1) is 0 Å². The highest BCUT2D eigenvalue weighted by molar-refractivity contribution is 7.88. The van der Waals surface area contributed by atoms with E-state index in [-0.39, 0.29) is 16.7 Å². The van der Waals surface area contributed by atoms with Gasteiger partial charge in [0.1, 0.15) is 0 Å². The van der Waals surface area contributed by atoms with E-state index < -0.39 is 15.6 Å². The van der Waals surface area contributed by atoms with Crippen molar-refractivity contribution in [2.24, 2.45) is 5.73 Å². The molecule has 0 bridgehead atoms. The molecule has 8 nitrogen and oxygen atoms in total. The summed E-state index contributed by atoms with van der Waals surface area (Å²) < 4.78 is 35.6. The van der Waals surface area contributed by atoms with Crippen LogP contribution in [0.5, 0.6) is 0 Å². The van der Waals surface area contributed by atoms with E-state index in [0.717, 1.165) is 30.0 Å². The third-order valence-corrected chi connectivity index (χ3v) is 5.58. The molecule has 22 heavy (non-hydrogen) atoms. The van der Waals surface area contributed by atoms with Gasteiger partial charge >= 0.3 is 0 Å². The molecule has 0 unspecified atom stereocenters. The SMILES string of the molecule is CN(C)S(=O)(=O)c1ccc(-c2nc(C3(N)CCCC3)no2)o1. The van der Waals surface area contributed by atoms with Crippen LogP contribution >= 0.6 is 0 Å². The van der Waals surface area contributed by atoms with Gasteiger partial charge in [0.25, 0.3) is 15.9 Å². The van der Waals surface area contributed by atoms with Gasteiger partial charge in [0.2, 0.25) is 5.09 Å². The number of aromatic nitrogens is 2. The Morgan fingerprint density at radius 1 is 1.27 bits per heavy atom. The number of hydrogen-bond acceptors (Lipinski definition) is 7. The number of furan rings is 1. The van der Waals surface area contributed by atoms with Crippen molar-refractivity contribution < 1.29 is 17.4 Å². The lowest BCUT2D eigenvalue weighted by Crippen LogP contribution is -2.34. The summed E-state index contributed by atoms with van der Waals surface area (Å²) in [6.07, 6.45) is 3.69. The van der Waals surface area contributed by atoms with E-state index in [1.807, 2.05) is 0 Å². The molecule has 2 aromatic heterocycles. The third kappa shape index (κ3) is 2.44. The second kappa shape index (κ2) is 5.18. The highest BCUT2D eigenvalue weighted by atomic mass is 32.2. The Hall–Kier alpha value is -1.71. The minimum atomic E-state index is -3.63. The molecule has 2 N–H and O–H groups in total. The highest BCUT2D eigenvalue weighted by Gasteiger charge is 2.36. The molecular weight excluding hydrogens is 308 g/mol. The van der Waals surface area contributed by atoms with Crippen molar-refractivity contribution in [2.75, 3.05) is 14.1 Å². The Bertz CT molecular complexity index is 772. The predicted octanol–water partition coefficient (Wildman–Crippen LogP) is 1.31. The second-order valence-electron chi connectivity index (χ2n) is 5.69. The molecule has 0 spiro atoms. The maximum absolute atomic E-state index is 12.0. The van der Waals surface area contributed by atoms with Gasteiger partial charge in [-0.05, 0) is 25.0 Å². The zero-order chi connectivity index (χ0) is 16.0. The third-order valence-electron chi connectivity index (χ3n) is 3.89. The first-order valence-corrected chi connectivity index (χ1v) is 8.43. The molecular formula is C13H18N4O4S. The van der Waals surface area contributed by atoms with Gasteiger partial charge in [-0.3, -0.25) is 0 Å². The molecule has 1 fully saturated rings. The molecule has 1 aliphatic carbocycles. The van der Waals surface area contributed by atoms with Crippen LogP contribution in [0.15, 0.2) is 26.2 Å². The van der Waals surface area contributed by atoms with E-state index in [2.05, 4.69) is 10.1 Å². The molecule has 0 aromatic carbocycles. The van der Waals surface area contributed by atoms with Crippen LogP contribution in [-0.2, 0) is 15.6 Å². The molecule has 2 aromatic rings. The Balaban J connectivity index is 1.90. The summed E-state index contributed by atoms with van der Waals surface area (Å²) in [4.78, 5) is 4.27. The molecule has 0 aliphatic heterocycles. The largest absolute Gasteiger partial charge is 0.438 e. The molecule has 1 aliphatic rings. The van der Waals surface area contributed by atoms with Crippen LogP contribution in [0, 0.1) is 0 Å². The van der Waals surface area contributed by atoms with Crippen molar-refractivity contribution in [3.63, 3.8) is 0 Å². The van der Waals surface area contributed by atoms with Gasteiger partial charge in [0.05, 0.1) is 5.54 Å². The van der Waals surface area contributed by atoms with Crippen LogP contribution in [0.2, 0.25) is 0 Å². The summed E-state index contributed by atoms with van der Waals surface area (Å²) in [5.74, 6) is 0.779. The van der Waals surface area contributed by atoms with Crippen LogP contribution in [-0.4, -0.2) is 37.0 Å². The molecule has 120 valence electrons. The highest BCUT2D eigenvalue weighted by Crippen LogP contribution is 2.35. The molecule has 2 heterocycles. The number of rotatable bonds is 4. The van der Waals surface area contributed by atoms with Crippen molar-refractivity contribution in [1.82, 2.24) is 14.4 Å². The maximum Gasteiger partial charge on any atom is 0.293 e. The fraction of sp³-hybridized carbons (Fsp3) is 0.538. The van der Waals surface area contributed by atoms with Crippen LogP contribution in [0.25, 0.3) is 11.7 Å². The average Bonchev–Trinajstić information content (AvgIpc) is 3.18. The van der Waals surface area contributed by atoms with Crippen LogP contribution in [0.1, 0.15) is 31.5 Å². The Morgan fingerprint density at radius 2 is 1.95 bits per heavy atom. The van der Waals surface area contributed by atoms with Crippen LogP contribution in [0.4, 0.5) is 0 Å². The van der Waals surface area contributed by atoms with Crippen molar-refractivity contribution in [2.45, 2.75) is 36.3 Å². The molecule has 9 heteroatoms. The fourth-order valence-electron chi connectivity index (χ4n) is 2.51. The molecule has 0 saturated heterocycles. The standard InChI is InChI=1S/C13H18N4O4S/c1-17(2)22(18,19)10-6-5-9(20-10)11-15-12(16-21-11)13(14)7-3-4-8-13/h5-6H,3-4,7-8,14H2,1-2H3. The van der Waals surface area contributed by atoms with Crippen molar-refractivity contribution in [1.29, 1.82) is 0 Å². The Kier molecular flexibility index (Phi) is 3.58. The van der Waals surface area contributed by atoms with Crippen molar-refractivity contribution >= 4 is 10.0 Å². The lowest BCUT2D eigenvalue weighted by Gasteiger charge is -2.17. The number of nitrogens with zero attached hydrogens (tertiary/aromatic N) is 3. The topological polar surface area (TPSA) is 115 Å². The number of sulfonamides is 1. The average molecular weight is 326 g/mol. The monoisotopic (exact) mass is 326 g/mol. The minimum absolute atomic E-state index is 0.131. The summed E-state index contributed by atoms with van der Waals surface area (Å²) >= 11 is 0. The summed E-state index contributed by atoms with van der Waals surface area (Å²) in [6, 6.07) is 2.85. The first-order chi connectivity index (χ1) is 10.3. The molecule has 0 amide bonds. The molecule has 0 atom stereocenters. The minimum Gasteiger partial charge on any atom is -0.438 e. The first kappa shape index (κ1) is 15.2.